The minimum absolute atomic E-state index is 0.0508. The second-order valence-electron chi connectivity index (χ2n) is 6.70. The molecule has 1 heterocycles. The average Bonchev–Trinajstić information content (AvgIpc) is 3.08. The van der Waals surface area contributed by atoms with Crippen LogP contribution in [-0.4, -0.2) is 34.9 Å². The molecule has 0 aliphatic carbocycles. The van der Waals surface area contributed by atoms with Crippen LogP contribution in [0, 0.1) is 11.7 Å². The predicted molar refractivity (Wildman–Crippen MR) is 114 cm³/mol. The molecule has 0 saturated carbocycles. The summed E-state index contributed by atoms with van der Waals surface area (Å²) in [5.41, 5.74) is 2.86. The highest BCUT2D eigenvalue weighted by Crippen LogP contribution is 2.29. The second-order valence-corrected chi connectivity index (χ2v) is 7.09. The van der Waals surface area contributed by atoms with Crippen molar-refractivity contribution in [3.63, 3.8) is 0 Å². The van der Waals surface area contributed by atoms with Crippen LogP contribution < -0.4 is 14.8 Å². The first-order chi connectivity index (χ1) is 13.9. The van der Waals surface area contributed by atoms with Crippen molar-refractivity contribution in [2.24, 2.45) is 0 Å². The van der Waals surface area contributed by atoms with Gasteiger partial charge >= 0.3 is 0 Å². The van der Waals surface area contributed by atoms with Crippen molar-refractivity contribution in [2.45, 2.75) is 26.4 Å². The van der Waals surface area contributed by atoms with E-state index in [0.29, 0.717) is 22.1 Å². The van der Waals surface area contributed by atoms with Crippen molar-refractivity contribution in [3.8, 4) is 22.9 Å². The number of H-pyrrole nitrogens is 1. The number of aromatic amines is 1. The normalized spacial score (nSPS) is 11.7. The van der Waals surface area contributed by atoms with Crippen LogP contribution >= 0.6 is 12.2 Å². The Balaban J connectivity index is 1.79. The van der Waals surface area contributed by atoms with Gasteiger partial charge in [0.25, 0.3) is 0 Å². The summed E-state index contributed by atoms with van der Waals surface area (Å²) in [5.74, 6) is 1.81. The van der Waals surface area contributed by atoms with E-state index in [-0.39, 0.29) is 18.5 Å². The molecular weight excluding hydrogens is 388 g/mol. The van der Waals surface area contributed by atoms with Crippen LogP contribution in [0.1, 0.15) is 24.1 Å². The van der Waals surface area contributed by atoms with Crippen LogP contribution in [0.15, 0.2) is 42.5 Å². The van der Waals surface area contributed by atoms with Crippen molar-refractivity contribution in [1.82, 2.24) is 20.1 Å². The fraction of sp³-hybridized carbons (Fsp3) is 0.286. The first-order valence-electron chi connectivity index (χ1n) is 9.16. The van der Waals surface area contributed by atoms with E-state index < -0.39 is 0 Å². The van der Waals surface area contributed by atoms with Gasteiger partial charge in [-0.2, -0.15) is 5.10 Å². The Hall–Kier alpha value is -3.13. The lowest BCUT2D eigenvalue weighted by Crippen LogP contribution is -2.30. The van der Waals surface area contributed by atoms with Crippen LogP contribution in [0.2, 0.25) is 0 Å². The topological polar surface area (TPSA) is 81.2 Å². The van der Waals surface area contributed by atoms with E-state index in [1.807, 2.05) is 56.3 Å². The number of nitrogens with zero attached hydrogens (tertiary/aromatic N) is 2. The van der Waals surface area contributed by atoms with Crippen molar-refractivity contribution in [3.05, 3.63) is 58.4 Å². The smallest absolute Gasteiger partial charge is 0.240 e. The molecule has 2 aromatic carbocycles. The lowest BCUT2D eigenvalue weighted by molar-refractivity contribution is -0.122. The number of aryl methyl sites for hydroxylation is 1. The zero-order valence-corrected chi connectivity index (χ0v) is 17.7. The van der Waals surface area contributed by atoms with Gasteiger partial charge in [0.1, 0.15) is 18.0 Å². The van der Waals surface area contributed by atoms with Crippen LogP contribution in [0.3, 0.4) is 0 Å². The fourth-order valence-corrected chi connectivity index (χ4v) is 3.27. The summed E-state index contributed by atoms with van der Waals surface area (Å²) >= 11 is 5.32. The zero-order chi connectivity index (χ0) is 21.0. The third kappa shape index (κ3) is 4.65. The summed E-state index contributed by atoms with van der Waals surface area (Å²) in [4.78, 5) is 12.7. The van der Waals surface area contributed by atoms with Crippen LogP contribution in [0.5, 0.6) is 11.5 Å². The molecule has 0 bridgehead atoms. The first-order valence-corrected chi connectivity index (χ1v) is 9.57. The molecule has 0 aliphatic rings. The van der Waals surface area contributed by atoms with Gasteiger partial charge < -0.3 is 14.8 Å². The molecule has 7 nitrogen and oxygen atoms in total. The highest BCUT2D eigenvalue weighted by molar-refractivity contribution is 7.71. The Morgan fingerprint density at radius 3 is 2.59 bits per heavy atom. The molecule has 8 heteroatoms. The van der Waals surface area contributed by atoms with Crippen LogP contribution in [0.25, 0.3) is 11.4 Å². The van der Waals surface area contributed by atoms with Gasteiger partial charge in [-0.15, -0.1) is 0 Å². The Morgan fingerprint density at radius 2 is 1.93 bits per heavy atom. The highest BCUT2D eigenvalue weighted by atomic mass is 32.1. The van der Waals surface area contributed by atoms with E-state index in [2.05, 4.69) is 15.5 Å². The van der Waals surface area contributed by atoms with E-state index in [4.69, 9.17) is 21.7 Å². The molecule has 1 amide bonds. The molecule has 0 radical (unpaired) electrons. The number of ether oxygens (including phenoxy) is 2. The maximum atomic E-state index is 12.7. The molecule has 3 aromatic rings. The molecule has 3 rings (SSSR count). The van der Waals surface area contributed by atoms with Crippen molar-refractivity contribution in [1.29, 1.82) is 0 Å². The van der Waals surface area contributed by atoms with E-state index in [0.717, 1.165) is 16.7 Å². The van der Waals surface area contributed by atoms with E-state index in [9.17, 15) is 4.79 Å². The molecule has 152 valence electrons. The number of carbonyl (C=O) groups is 1. The number of rotatable bonds is 7. The average molecular weight is 413 g/mol. The highest BCUT2D eigenvalue weighted by Gasteiger charge is 2.17. The van der Waals surface area contributed by atoms with Crippen molar-refractivity contribution < 1.29 is 14.3 Å². The van der Waals surface area contributed by atoms with E-state index in [1.54, 1.807) is 18.8 Å². The first kappa shape index (κ1) is 20.6. The minimum atomic E-state index is -0.281. The van der Waals surface area contributed by atoms with Crippen molar-refractivity contribution in [2.75, 3.05) is 14.2 Å². The number of nitrogens with one attached hydrogen (secondary N) is 2. The summed E-state index contributed by atoms with van der Waals surface area (Å²) in [5, 5.41) is 10.1. The predicted octanol–water partition coefficient (Wildman–Crippen LogP) is 3.81. The van der Waals surface area contributed by atoms with Crippen LogP contribution in [0.4, 0.5) is 0 Å². The maximum Gasteiger partial charge on any atom is 0.240 e. The minimum Gasteiger partial charge on any atom is -0.497 e. The molecular formula is C21H24N4O3S. The van der Waals surface area contributed by atoms with Gasteiger partial charge in [-0.25, -0.2) is 0 Å². The van der Waals surface area contributed by atoms with Gasteiger partial charge in [-0.1, -0.05) is 29.8 Å². The maximum absolute atomic E-state index is 12.7. The summed E-state index contributed by atoms with van der Waals surface area (Å²) in [6.45, 7) is 3.96. The number of hydrogen-bond donors (Lipinski definition) is 2. The van der Waals surface area contributed by atoms with Gasteiger partial charge in [0, 0.05) is 11.1 Å². The fourth-order valence-electron chi connectivity index (χ4n) is 3.07. The Kier molecular flexibility index (Phi) is 6.33. The number of benzene rings is 2. The summed E-state index contributed by atoms with van der Waals surface area (Å²) < 4.78 is 12.8. The number of amides is 1. The third-order valence-corrected chi connectivity index (χ3v) is 4.96. The van der Waals surface area contributed by atoms with E-state index in [1.165, 1.54) is 0 Å². The van der Waals surface area contributed by atoms with E-state index >= 15 is 0 Å². The lowest BCUT2D eigenvalue weighted by Gasteiger charge is -2.18. The largest absolute Gasteiger partial charge is 0.497 e. The van der Waals surface area contributed by atoms with Gasteiger partial charge in [0.15, 0.2) is 10.6 Å². The Bertz CT molecular complexity index is 1060. The summed E-state index contributed by atoms with van der Waals surface area (Å²) in [6, 6.07) is 13.1. The Labute approximate surface area is 174 Å². The number of aromatic nitrogens is 3. The molecule has 1 atom stereocenters. The number of methoxy groups -OCH3 is 2. The molecule has 29 heavy (non-hydrogen) atoms. The van der Waals surface area contributed by atoms with Crippen molar-refractivity contribution >= 4 is 18.1 Å². The third-order valence-electron chi connectivity index (χ3n) is 4.65. The quantitative estimate of drug-likeness (QED) is 0.577. The summed E-state index contributed by atoms with van der Waals surface area (Å²) in [6.07, 6.45) is 0. The molecule has 0 saturated heterocycles. The van der Waals surface area contributed by atoms with Gasteiger partial charge in [0.2, 0.25) is 5.91 Å². The zero-order valence-electron chi connectivity index (χ0n) is 16.9. The standard InChI is InChI=1S/C21H24N4O3S/c1-13-5-7-15(8-6-13)20-23-24-21(29)25(20)12-19(26)22-14(2)17-11-16(27-3)9-10-18(17)28-4/h5-11,14H,12H2,1-4H3,(H,22,26)(H,24,29)/t14-/m1/s1. The molecule has 0 aliphatic heterocycles. The van der Waals surface area contributed by atoms with Crippen LogP contribution in [-0.2, 0) is 11.3 Å². The Morgan fingerprint density at radius 1 is 1.21 bits per heavy atom. The summed E-state index contributed by atoms with van der Waals surface area (Å²) in [7, 11) is 3.20. The lowest BCUT2D eigenvalue weighted by atomic mass is 10.1. The molecule has 2 N–H and O–H groups in total. The van der Waals surface area contributed by atoms with Gasteiger partial charge in [-0.05, 0) is 44.3 Å². The molecule has 1 aromatic heterocycles. The number of carbonyl (C=O) groups excluding carboxylic acids is 1. The molecule has 0 unspecified atom stereocenters. The van der Waals surface area contributed by atoms with Gasteiger partial charge in [0.05, 0.1) is 20.3 Å². The SMILES string of the molecule is COc1ccc(OC)c([C@@H](C)NC(=O)Cn2c(-c3ccc(C)cc3)n[nH]c2=S)c1. The molecule has 0 fully saturated rings. The monoisotopic (exact) mass is 412 g/mol. The number of hydrogen-bond acceptors (Lipinski definition) is 5. The van der Waals surface area contributed by atoms with Gasteiger partial charge in [-0.3, -0.25) is 14.5 Å². The molecule has 0 spiro atoms. The second kappa shape index (κ2) is 8.91.